The lowest BCUT2D eigenvalue weighted by atomic mass is 9.95. The van der Waals surface area contributed by atoms with Crippen molar-refractivity contribution in [1.29, 1.82) is 0 Å². The highest BCUT2D eigenvalue weighted by molar-refractivity contribution is 5.61. The molecule has 2 atom stereocenters. The van der Waals surface area contributed by atoms with Crippen molar-refractivity contribution in [2.45, 2.75) is 63.3 Å². The van der Waals surface area contributed by atoms with Crippen molar-refractivity contribution in [2.24, 2.45) is 0 Å². The normalized spacial score (nSPS) is 20.2. The van der Waals surface area contributed by atoms with Crippen LogP contribution in [0.5, 0.6) is 0 Å². The van der Waals surface area contributed by atoms with Gasteiger partial charge in [0.2, 0.25) is 0 Å². The van der Waals surface area contributed by atoms with Crippen LogP contribution in [0.2, 0.25) is 0 Å². The Kier molecular flexibility index (Phi) is 7.26. The fourth-order valence-corrected chi connectivity index (χ4v) is 4.66. The van der Waals surface area contributed by atoms with Crippen LogP contribution >= 0.6 is 0 Å². The van der Waals surface area contributed by atoms with Crippen LogP contribution in [0.3, 0.4) is 0 Å². The first-order chi connectivity index (χ1) is 15.4. The van der Waals surface area contributed by atoms with Gasteiger partial charge in [-0.15, -0.1) is 0 Å². The third-order valence-corrected chi connectivity index (χ3v) is 6.44. The molecule has 1 aliphatic heterocycles. The van der Waals surface area contributed by atoms with Crippen molar-refractivity contribution in [2.75, 3.05) is 19.7 Å². The average molecular weight is 447 g/mol. The van der Waals surface area contributed by atoms with E-state index in [0.717, 1.165) is 56.2 Å². The van der Waals surface area contributed by atoms with E-state index in [1.54, 1.807) is 0 Å². The van der Waals surface area contributed by atoms with Gasteiger partial charge in [0.05, 0.1) is 17.7 Å². The molecule has 0 N–H and O–H groups in total. The summed E-state index contributed by atoms with van der Waals surface area (Å²) in [6.07, 6.45) is 3.72. The molecule has 0 radical (unpaired) electrons. The van der Waals surface area contributed by atoms with Gasteiger partial charge in [0, 0.05) is 31.1 Å². The van der Waals surface area contributed by atoms with Crippen molar-refractivity contribution >= 4 is 6.29 Å². The topological polar surface area (TPSA) is 42.4 Å². The van der Waals surface area contributed by atoms with Crippen molar-refractivity contribution in [1.82, 2.24) is 9.88 Å². The van der Waals surface area contributed by atoms with E-state index in [2.05, 4.69) is 12.1 Å². The monoisotopic (exact) mass is 446 g/mol. The van der Waals surface area contributed by atoms with E-state index in [1.807, 2.05) is 4.90 Å². The van der Waals surface area contributed by atoms with Gasteiger partial charge in [-0.05, 0) is 74.3 Å². The maximum atomic E-state index is 12.8. The van der Waals surface area contributed by atoms with Gasteiger partial charge < -0.3 is 9.53 Å². The molecular weight excluding hydrogens is 417 g/mol. The van der Waals surface area contributed by atoms with Crippen molar-refractivity contribution in [3.8, 4) is 0 Å². The van der Waals surface area contributed by atoms with Gasteiger partial charge in [-0.2, -0.15) is 13.2 Å². The minimum Gasteiger partial charge on any atom is -0.377 e. The molecule has 0 saturated carbocycles. The third-order valence-electron chi connectivity index (χ3n) is 6.44. The summed E-state index contributed by atoms with van der Waals surface area (Å²) < 4.78 is 44.4. The number of rotatable bonds is 8. The standard InChI is InChI=1S/C25H29F3N2O2/c26-25(27,28)20-10-7-19(8-11-20)24(17-31)30-14-13-22(16-30)32-15-3-5-21-12-9-18-4-1-2-6-23(18)29-21/h7-12,17,22,24H,1-6,13-16H2/t22-,24-/m1/s1. The lowest BCUT2D eigenvalue weighted by Crippen LogP contribution is -2.29. The fourth-order valence-electron chi connectivity index (χ4n) is 4.66. The summed E-state index contributed by atoms with van der Waals surface area (Å²) in [6, 6.07) is 8.64. The first-order valence-corrected chi connectivity index (χ1v) is 11.4. The smallest absolute Gasteiger partial charge is 0.377 e. The summed E-state index contributed by atoms with van der Waals surface area (Å²) >= 11 is 0. The maximum absolute atomic E-state index is 12.8. The van der Waals surface area contributed by atoms with E-state index in [9.17, 15) is 18.0 Å². The lowest BCUT2D eigenvalue weighted by Gasteiger charge is -2.23. The minimum absolute atomic E-state index is 0.0309. The summed E-state index contributed by atoms with van der Waals surface area (Å²) in [5, 5.41) is 0. The van der Waals surface area contributed by atoms with E-state index in [0.29, 0.717) is 25.3 Å². The summed E-state index contributed by atoms with van der Waals surface area (Å²) in [4.78, 5) is 18.5. The number of carbonyl (C=O) groups excluding carboxylic acids is 1. The van der Waals surface area contributed by atoms with Gasteiger partial charge in [0.25, 0.3) is 0 Å². The maximum Gasteiger partial charge on any atom is 0.416 e. The Morgan fingerprint density at radius 2 is 1.91 bits per heavy atom. The summed E-state index contributed by atoms with van der Waals surface area (Å²) in [5.41, 5.74) is 3.63. The summed E-state index contributed by atoms with van der Waals surface area (Å²) in [7, 11) is 0. The second-order valence-corrected chi connectivity index (χ2v) is 8.70. The molecule has 7 heteroatoms. The molecule has 1 aromatic heterocycles. The van der Waals surface area contributed by atoms with E-state index in [4.69, 9.17) is 9.72 Å². The zero-order chi connectivity index (χ0) is 22.6. The zero-order valence-corrected chi connectivity index (χ0v) is 18.1. The summed E-state index contributed by atoms with van der Waals surface area (Å²) in [5.74, 6) is 0. The molecule has 172 valence electrons. The number of halogens is 3. The predicted octanol–water partition coefficient (Wildman–Crippen LogP) is 4.94. The molecule has 0 bridgehead atoms. The Bertz CT molecular complexity index is 914. The highest BCUT2D eigenvalue weighted by Crippen LogP contribution is 2.31. The number of aldehydes is 1. The number of pyridine rings is 1. The number of alkyl halides is 3. The molecule has 1 saturated heterocycles. The first kappa shape index (κ1) is 22.9. The molecule has 1 fully saturated rings. The average Bonchev–Trinajstić information content (AvgIpc) is 3.25. The van der Waals surface area contributed by atoms with Crippen LogP contribution < -0.4 is 0 Å². The molecule has 2 aromatic rings. The molecule has 32 heavy (non-hydrogen) atoms. The molecule has 0 unspecified atom stereocenters. The van der Waals surface area contributed by atoms with Gasteiger partial charge in [-0.1, -0.05) is 18.2 Å². The van der Waals surface area contributed by atoms with Crippen LogP contribution in [-0.4, -0.2) is 42.0 Å². The van der Waals surface area contributed by atoms with E-state index < -0.39 is 17.8 Å². The number of nitrogens with zero attached hydrogens (tertiary/aromatic N) is 2. The van der Waals surface area contributed by atoms with Gasteiger partial charge in [0.15, 0.2) is 0 Å². The number of hydrogen-bond acceptors (Lipinski definition) is 4. The Balaban J connectivity index is 1.24. The Morgan fingerprint density at radius 1 is 1.12 bits per heavy atom. The van der Waals surface area contributed by atoms with Crippen LogP contribution in [0.15, 0.2) is 36.4 Å². The number of ether oxygens (including phenoxy) is 1. The number of fused-ring (bicyclic) bond motifs is 1. The Labute approximate surface area is 186 Å². The Hall–Kier alpha value is -2.25. The van der Waals surface area contributed by atoms with Crippen LogP contribution in [0.4, 0.5) is 13.2 Å². The molecule has 2 aliphatic rings. The van der Waals surface area contributed by atoms with Gasteiger partial charge in [-0.3, -0.25) is 9.88 Å². The van der Waals surface area contributed by atoms with E-state index in [-0.39, 0.29) is 6.10 Å². The first-order valence-electron chi connectivity index (χ1n) is 11.4. The van der Waals surface area contributed by atoms with Crippen molar-refractivity contribution in [3.05, 3.63) is 64.5 Å². The minimum atomic E-state index is -4.38. The van der Waals surface area contributed by atoms with Crippen LogP contribution in [0.1, 0.15) is 59.8 Å². The molecule has 2 heterocycles. The number of likely N-dealkylation sites (tertiary alicyclic amines) is 1. The highest BCUT2D eigenvalue weighted by Gasteiger charge is 2.32. The third kappa shape index (κ3) is 5.56. The number of carbonyl (C=O) groups is 1. The van der Waals surface area contributed by atoms with Gasteiger partial charge >= 0.3 is 6.18 Å². The van der Waals surface area contributed by atoms with Crippen molar-refractivity contribution in [3.63, 3.8) is 0 Å². The largest absolute Gasteiger partial charge is 0.416 e. The summed E-state index contributed by atoms with van der Waals surface area (Å²) in [6.45, 7) is 1.91. The highest BCUT2D eigenvalue weighted by atomic mass is 19.4. The van der Waals surface area contributed by atoms with Gasteiger partial charge in [0.1, 0.15) is 6.29 Å². The SMILES string of the molecule is O=C[C@H](c1ccc(C(F)(F)F)cc1)N1CC[C@@H](OCCCc2ccc3c(n2)CCCC3)C1. The molecule has 4 rings (SSSR count). The fraction of sp³-hybridized carbons (Fsp3) is 0.520. The molecule has 0 amide bonds. The van der Waals surface area contributed by atoms with Crippen LogP contribution in [0.25, 0.3) is 0 Å². The second-order valence-electron chi connectivity index (χ2n) is 8.70. The number of hydrogen-bond donors (Lipinski definition) is 0. The quantitative estimate of drug-likeness (QED) is 0.425. The lowest BCUT2D eigenvalue weighted by molar-refractivity contribution is -0.137. The molecule has 1 aliphatic carbocycles. The molecular formula is C25H29F3N2O2. The van der Waals surface area contributed by atoms with E-state index >= 15 is 0 Å². The predicted molar refractivity (Wildman–Crippen MR) is 115 cm³/mol. The van der Waals surface area contributed by atoms with Gasteiger partial charge in [-0.25, -0.2) is 0 Å². The molecule has 0 spiro atoms. The number of benzene rings is 1. The number of aryl methyl sites for hydroxylation is 3. The molecule has 4 nitrogen and oxygen atoms in total. The van der Waals surface area contributed by atoms with Crippen LogP contribution in [0, 0.1) is 0 Å². The van der Waals surface area contributed by atoms with Crippen molar-refractivity contribution < 1.29 is 22.7 Å². The molecule has 1 aromatic carbocycles. The zero-order valence-electron chi connectivity index (χ0n) is 18.1. The van der Waals surface area contributed by atoms with E-state index in [1.165, 1.54) is 36.2 Å². The van der Waals surface area contributed by atoms with Crippen LogP contribution in [-0.2, 0) is 35.0 Å². The number of aromatic nitrogens is 1. The Morgan fingerprint density at radius 3 is 2.66 bits per heavy atom. The second kappa shape index (κ2) is 10.1.